The molecule has 0 spiro atoms. The Morgan fingerprint density at radius 1 is 1.56 bits per heavy atom. The maximum atomic E-state index is 11.5. The summed E-state index contributed by atoms with van der Waals surface area (Å²) in [5, 5.41) is 0. The van der Waals surface area contributed by atoms with Crippen molar-refractivity contribution >= 4 is 6.29 Å². The van der Waals surface area contributed by atoms with E-state index in [1.165, 1.54) is 0 Å². The number of aldehydes is 1. The molecule has 0 aliphatic rings. The SMILES string of the molecule is C[C@H](CC=O)C(F)(F)F. The predicted octanol–water partition coefficient (Wildman–Crippen LogP) is 1.77. The molecule has 0 saturated heterocycles. The molecule has 0 radical (unpaired) electrons. The lowest BCUT2D eigenvalue weighted by atomic mass is 10.1. The molecular formula is C5H7F3O. The normalized spacial score (nSPS) is 15.1. The van der Waals surface area contributed by atoms with Crippen molar-refractivity contribution < 1.29 is 18.0 Å². The molecule has 0 amide bonds. The van der Waals surface area contributed by atoms with Gasteiger partial charge in [-0.2, -0.15) is 13.2 Å². The zero-order valence-corrected chi connectivity index (χ0v) is 4.90. The molecule has 0 unspecified atom stereocenters. The Kier molecular flexibility index (Phi) is 2.67. The third-order valence-corrected chi connectivity index (χ3v) is 1.01. The van der Waals surface area contributed by atoms with Gasteiger partial charge in [0, 0.05) is 6.42 Å². The standard InChI is InChI=1S/C5H7F3O/c1-4(2-3-9)5(6,7)8/h3-4H,2H2,1H3/t4-/m1/s1. The highest BCUT2D eigenvalue weighted by molar-refractivity contribution is 5.49. The minimum Gasteiger partial charge on any atom is -0.303 e. The van der Waals surface area contributed by atoms with Crippen LogP contribution in [0.1, 0.15) is 13.3 Å². The van der Waals surface area contributed by atoms with Gasteiger partial charge < -0.3 is 4.79 Å². The van der Waals surface area contributed by atoms with Crippen LogP contribution in [-0.4, -0.2) is 12.5 Å². The zero-order valence-electron chi connectivity index (χ0n) is 4.90. The fraction of sp³-hybridized carbons (Fsp3) is 0.800. The van der Waals surface area contributed by atoms with E-state index in [2.05, 4.69) is 0 Å². The van der Waals surface area contributed by atoms with E-state index in [9.17, 15) is 18.0 Å². The van der Waals surface area contributed by atoms with E-state index in [4.69, 9.17) is 0 Å². The third kappa shape index (κ3) is 3.11. The Labute approximate surface area is 50.9 Å². The van der Waals surface area contributed by atoms with Gasteiger partial charge in [-0.25, -0.2) is 0 Å². The fourth-order valence-electron chi connectivity index (χ4n) is 0.278. The summed E-state index contributed by atoms with van der Waals surface area (Å²) in [6, 6.07) is 0. The first kappa shape index (κ1) is 8.46. The summed E-state index contributed by atoms with van der Waals surface area (Å²) in [5.41, 5.74) is 0. The van der Waals surface area contributed by atoms with Crippen LogP contribution in [0.5, 0.6) is 0 Å². The van der Waals surface area contributed by atoms with Crippen molar-refractivity contribution in [1.82, 2.24) is 0 Å². The van der Waals surface area contributed by atoms with Gasteiger partial charge in [-0.15, -0.1) is 0 Å². The van der Waals surface area contributed by atoms with Crippen LogP contribution >= 0.6 is 0 Å². The molecule has 0 aliphatic carbocycles. The lowest BCUT2D eigenvalue weighted by molar-refractivity contribution is -0.171. The van der Waals surface area contributed by atoms with Crippen molar-refractivity contribution in [3.63, 3.8) is 0 Å². The first-order chi connectivity index (χ1) is 3.98. The molecule has 9 heavy (non-hydrogen) atoms. The second-order valence-electron chi connectivity index (χ2n) is 1.85. The highest BCUT2D eigenvalue weighted by Gasteiger charge is 2.35. The molecule has 1 atom stereocenters. The molecule has 0 rings (SSSR count). The number of rotatable bonds is 2. The molecule has 0 heterocycles. The average Bonchev–Trinajstić information content (AvgIpc) is 1.64. The van der Waals surface area contributed by atoms with Crippen molar-refractivity contribution in [2.75, 3.05) is 0 Å². The summed E-state index contributed by atoms with van der Waals surface area (Å²) >= 11 is 0. The van der Waals surface area contributed by atoms with Crippen LogP contribution in [0.3, 0.4) is 0 Å². The van der Waals surface area contributed by atoms with Crippen LogP contribution in [-0.2, 0) is 4.79 Å². The molecule has 0 bridgehead atoms. The first-order valence-electron chi connectivity index (χ1n) is 2.49. The van der Waals surface area contributed by atoms with Crippen LogP contribution in [0.2, 0.25) is 0 Å². The minimum absolute atomic E-state index is 0.276. The Morgan fingerprint density at radius 3 is 2.11 bits per heavy atom. The molecule has 0 aliphatic heterocycles. The number of hydrogen-bond donors (Lipinski definition) is 0. The maximum Gasteiger partial charge on any atom is 0.391 e. The molecule has 0 aromatic rings. The van der Waals surface area contributed by atoms with Gasteiger partial charge in [0.1, 0.15) is 6.29 Å². The molecule has 0 fully saturated rings. The van der Waals surface area contributed by atoms with Crippen LogP contribution in [0.4, 0.5) is 13.2 Å². The monoisotopic (exact) mass is 140 g/mol. The lowest BCUT2D eigenvalue weighted by Gasteiger charge is -2.10. The highest BCUT2D eigenvalue weighted by Crippen LogP contribution is 2.26. The smallest absolute Gasteiger partial charge is 0.303 e. The van der Waals surface area contributed by atoms with Crippen molar-refractivity contribution in [2.24, 2.45) is 5.92 Å². The van der Waals surface area contributed by atoms with Gasteiger partial charge >= 0.3 is 6.18 Å². The van der Waals surface area contributed by atoms with E-state index < -0.39 is 18.5 Å². The van der Waals surface area contributed by atoms with Gasteiger partial charge in [-0.3, -0.25) is 0 Å². The number of halogens is 3. The molecule has 0 saturated carbocycles. The van der Waals surface area contributed by atoms with Crippen molar-refractivity contribution in [3.8, 4) is 0 Å². The zero-order chi connectivity index (χ0) is 7.49. The maximum absolute atomic E-state index is 11.5. The van der Waals surface area contributed by atoms with E-state index >= 15 is 0 Å². The average molecular weight is 140 g/mol. The third-order valence-electron chi connectivity index (χ3n) is 1.01. The summed E-state index contributed by atoms with van der Waals surface area (Å²) in [4.78, 5) is 9.56. The molecule has 0 aromatic heterocycles. The van der Waals surface area contributed by atoms with Crippen LogP contribution < -0.4 is 0 Å². The van der Waals surface area contributed by atoms with E-state index in [1.807, 2.05) is 0 Å². The van der Waals surface area contributed by atoms with Crippen molar-refractivity contribution in [2.45, 2.75) is 19.5 Å². The van der Waals surface area contributed by atoms with Gasteiger partial charge in [0.2, 0.25) is 0 Å². The van der Waals surface area contributed by atoms with Crippen LogP contribution in [0.15, 0.2) is 0 Å². The molecule has 4 heteroatoms. The van der Waals surface area contributed by atoms with Crippen molar-refractivity contribution in [3.05, 3.63) is 0 Å². The second kappa shape index (κ2) is 2.85. The van der Waals surface area contributed by atoms with Gasteiger partial charge in [-0.1, -0.05) is 6.92 Å². The van der Waals surface area contributed by atoms with Gasteiger partial charge in [0.25, 0.3) is 0 Å². The Balaban J connectivity index is 3.72. The topological polar surface area (TPSA) is 17.1 Å². The number of carbonyl (C=O) groups excluding carboxylic acids is 1. The molecule has 0 N–H and O–H groups in total. The fourth-order valence-corrected chi connectivity index (χ4v) is 0.278. The number of carbonyl (C=O) groups is 1. The largest absolute Gasteiger partial charge is 0.391 e. The predicted molar refractivity (Wildman–Crippen MR) is 25.9 cm³/mol. The number of hydrogen-bond acceptors (Lipinski definition) is 1. The summed E-state index contributed by atoms with van der Waals surface area (Å²) in [5.74, 6) is -1.50. The van der Waals surface area contributed by atoms with Crippen molar-refractivity contribution in [1.29, 1.82) is 0 Å². The van der Waals surface area contributed by atoms with Crippen LogP contribution in [0.25, 0.3) is 0 Å². The molecule has 0 aromatic carbocycles. The van der Waals surface area contributed by atoms with E-state index in [0.717, 1.165) is 6.92 Å². The highest BCUT2D eigenvalue weighted by atomic mass is 19.4. The minimum atomic E-state index is -4.22. The first-order valence-corrected chi connectivity index (χ1v) is 2.49. The van der Waals surface area contributed by atoms with E-state index in [0.29, 0.717) is 0 Å². The summed E-state index contributed by atoms with van der Waals surface area (Å²) in [6.45, 7) is 0.981. The molecule has 54 valence electrons. The van der Waals surface area contributed by atoms with Gasteiger partial charge in [0.15, 0.2) is 0 Å². The quantitative estimate of drug-likeness (QED) is 0.534. The Morgan fingerprint density at radius 2 is 2.00 bits per heavy atom. The summed E-state index contributed by atoms with van der Waals surface area (Å²) in [7, 11) is 0. The Hall–Kier alpha value is -0.540. The molecular weight excluding hydrogens is 133 g/mol. The summed E-state index contributed by atoms with van der Waals surface area (Å²) in [6.07, 6.45) is -4.39. The van der Waals surface area contributed by atoms with Crippen LogP contribution in [0, 0.1) is 5.92 Å². The lowest BCUT2D eigenvalue weighted by Crippen LogP contribution is -2.19. The van der Waals surface area contributed by atoms with E-state index in [-0.39, 0.29) is 6.29 Å². The number of alkyl halides is 3. The van der Waals surface area contributed by atoms with Gasteiger partial charge in [0.05, 0.1) is 5.92 Å². The molecule has 1 nitrogen and oxygen atoms in total. The Bertz CT molecular complexity index is 96.9. The summed E-state index contributed by atoms with van der Waals surface area (Å²) < 4.78 is 34.4. The van der Waals surface area contributed by atoms with E-state index in [1.54, 1.807) is 0 Å². The van der Waals surface area contributed by atoms with Gasteiger partial charge in [-0.05, 0) is 0 Å². The second-order valence-corrected chi connectivity index (χ2v) is 1.85.